The van der Waals surface area contributed by atoms with Gasteiger partial charge in [0.2, 0.25) is 5.92 Å². The summed E-state index contributed by atoms with van der Waals surface area (Å²) in [5.74, 6) is -2.51. The Hall–Kier alpha value is -1.00. The number of hydrogen-bond acceptors (Lipinski definition) is 2. The van der Waals surface area contributed by atoms with Crippen LogP contribution in [0.3, 0.4) is 0 Å². The van der Waals surface area contributed by atoms with Gasteiger partial charge in [-0.2, -0.15) is 0 Å². The first-order valence-electron chi connectivity index (χ1n) is 7.06. The minimum absolute atomic E-state index is 0.00767. The molecule has 0 amide bonds. The number of thiophene rings is 1. The monoisotopic (exact) mass is 296 g/mol. The molecule has 1 aromatic heterocycles. The SMILES string of the molecule is OC(Cc1csc2ccccc12)C1CCC(F)(F)CC1. The van der Waals surface area contributed by atoms with Crippen molar-refractivity contribution in [3.05, 3.63) is 35.2 Å². The van der Waals surface area contributed by atoms with E-state index in [9.17, 15) is 13.9 Å². The Labute approximate surface area is 121 Å². The van der Waals surface area contributed by atoms with E-state index in [1.54, 1.807) is 11.3 Å². The fourth-order valence-electron chi connectivity index (χ4n) is 3.03. The lowest BCUT2D eigenvalue weighted by Crippen LogP contribution is -2.32. The summed E-state index contributed by atoms with van der Waals surface area (Å²) >= 11 is 1.67. The third kappa shape index (κ3) is 2.86. The standard InChI is InChI=1S/C16H18F2OS/c17-16(18)7-5-11(6-8-16)14(19)9-12-10-20-15-4-2-1-3-13(12)15/h1-4,10-11,14,19H,5-9H2. The average Bonchev–Trinajstić information content (AvgIpc) is 2.82. The number of aliphatic hydroxyl groups is 1. The molecule has 3 rings (SSSR count). The predicted molar refractivity (Wildman–Crippen MR) is 78.4 cm³/mol. The average molecular weight is 296 g/mol. The van der Waals surface area contributed by atoms with E-state index in [2.05, 4.69) is 17.5 Å². The van der Waals surface area contributed by atoms with Gasteiger partial charge < -0.3 is 5.11 Å². The fraction of sp³-hybridized carbons (Fsp3) is 0.500. The number of halogens is 2. The van der Waals surface area contributed by atoms with E-state index >= 15 is 0 Å². The molecular weight excluding hydrogens is 278 g/mol. The third-order valence-electron chi connectivity index (χ3n) is 4.30. The molecule has 1 nitrogen and oxygen atoms in total. The summed E-state index contributed by atoms with van der Waals surface area (Å²) in [5.41, 5.74) is 1.13. The molecule has 4 heteroatoms. The zero-order valence-electron chi connectivity index (χ0n) is 11.2. The van der Waals surface area contributed by atoms with Crippen LogP contribution in [0.2, 0.25) is 0 Å². The summed E-state index contributed by atoms with van der Waals surface area (Å²) in [6.45, 7) is 0. The lowest BCUT2D eigenvalue weighted by atomic mass is 9.81. The van der Waals surface area contributed by atoms with Gasteiger partial charge >= 0.3 is 0 Å². The Bertz CT molecular complexity index is 583. The molecule has 0 aliphatic heterocycles. The molecule has 108 valence electrons. The molecule has 20 heavy (non-hydrogen) atoms. The third-order valence-corrected chi connectivity index (χ3v) is 5.31. The van der Waals surface area contributed by atoms with E-state index in [4.69, 9.17) is 0 Å². The van der Waals surface area contributed by atoms with Gasteiger partial charge in [-0.3, -0.25) is 0 Å². The van der Waals surface area contributed by atoms with Crippen molar-refractivity contribution in [1.29, 1.82) is 0 Å². The lowest BCUT2D eigenvalue weighted by molar-refractivity contribution is -0.0619. The zero-order valence-corrected chi connectivity index (χ0v) is 12.0. The van der Waals surface area contributed by atoms with E-state index in [-0.39, 0.29) is 18.8 Å². The largest absolute Gasteiger partial charge is 0.392 e. The van der Waals surface area contributed by atoms with Crippen LogP contribution in [0, 0.1) is 5.92 Å². The highest BCUT2D eigenvalue weighted by molar-refractivity contribution is 7.17. The van der Waals surface area contributed by atoms with Crippen molar-refractivity contribution in [2.75, 3.05) is 0 Å². The van der Waals surface area contributed by atoms with Crippen LogP contribution in [-0.4, -0.2) is 17.1 Å². The second-order valence-corrected chi connectivity index (χ2v) is 6.63. The van der Waals surface area contributed by atoms with Gasteiger partial charge in [0.15, 0.2) is 0 Å². The van der Waals surface area contributed by atoms with Gasteiger partial charge in [-0.25, -0.2) is 8.78 Å². The fourth-order valence-corrected chi connectivity index (χ4v) is 4.01. The Morgan fingerprint density at radius 2 is 1.95 bits per heavy atom. The second-order valence-electron chi connectivity index (χ2n) is 5.72. The first-order chi connectivity index (χ1) is 9.55. The summed E-state index contributed by atoms with van der Waals surface area (Å²) in [4.78, 5) is 0. The summed E-state index contributed by atoms with van der Waals surface area (Å²) in [6.07, 6.45) is 0.745. The molecule has 1 aliphatic carbocycles. The van der Waals surface area contributed by atoms with Crippen LogP contribution in [0.4, 0.5) is 8.78 Å². The lowest BCUT2D eigenvalue weighted by Gasteiger charge is -2.31. The first-order valence-corrected chi connectivity index (χ1v) is 7.94. The van der Waals surface area contributed by atoms with E-state index in [1.165, 1.54) is 10.1 Å². The zero-order chi connectivity index (χ0) is 14.2. The molecule has 0 bridgehead atoms. The number of rotatable bonds is 3. The Balaban J connectivity index is 1.69. The van der Waals surface area contributed by atoms with E-state index < -0.39 is 12.0 Å². The van der Waals surface area contributed by atoms with Crippen LogP contribution in [0.25, 0.3) is 10.1 Å². The van der Waals surface area contributed by atoms with Crippen LogP contribution >= 0.6 is 11.3 Å². The smallest absolute Gasteiger partial charge is 0.248 e. The molecular formula is C16H18F2OS. The minimum atomic E-state index is -2.52. The molecule has 2 aromatic rings. The van der Waals surface area contributed by atoms with Crippen LogP contribution in [0.15, 0.2) is 29.6 Å². The van der Waals surface area contributed by atoms with Gasteiger partial charge in [-0.1, -0.05) is 18.2 Å². The Morgan fingerprint density at radius 1 is 1.25 bits per heavy atom. The Morgan fingerprint density at radius 3 is 2.70 bits per heavy atom. The summed E-state index contributed by atoms with van der Waals surface area (Å²) in [7, 11) is 0. The molecule has 1 N–H and O–H groups in total. The minimum Gasteiger partial charge on any atom is -0.392 e. The Kier molecular flexibility index (Phi) is 3.78. The molecule has 0 spiro atoms. The molecule has 1 atom stereocenters. The normalized spacial score (nSPS) is 21.1. The van der Waals surface area contributed by atoms with Crippen molar-refractivity contribution >= 4 is 21.4 Å². The van der Waals surface area contributed by atoms with Crippen molar-refractivity contribution in [3.8, 4) is 0 Å². The molecule has 1 saturated carbocycles. The summed E-state index contributed by atoms with van der Waals surface area (Å²) in [6, 6.07) is 8.12. The molecule has 0 saturated heterocycles. The maximum atomic E-state index is 13.1. The van der Waals surface area contributed by atoms with Crippen molar-refractivity contribution in [2.24, 2.45) is 5.92 Å². The summed E-state index contributed by atoms with van der Waals surface area (Å²) in [5, 5.41) is 13.6. The van der Waals surface area contributed by atoms with Crippen LogP contribution in [-0.2, 0) is 6.42 Å². The highest BCUT2D eigenvalue weighted by Gasteiger charge is 2.37. The van der Waals surface area contributed by atoms with Gasteiger partial charge in [-0.05, 0) is 41.2 Å². The van der Waals surface area contributed by atoms with Gasteiger partial charge in [0.1, 0.15) is 0 Å². The molecule has 1 aromatic carbocycles. The molecule has 0 radical (unpaired) electrons. The van der Waals surface area contributed by atoms with Gasteiger partial charge in [-0.15, -0.1) is 11.3 Å². The maximum Gasteiger partial charge on any atom is 0.248 e. The number of alkyl halides is 2. The van der Waals surface area contributed by atoms with E-state index in [0.717, 1.165) is 5.56 Å². The van der Waals surface area contributed by atoms with Gasteiger partial charge in [0, 0.05) is 24.0 Å². The van der Waals surface area contributed by atoms with Crippen molar-refractivity contribution in [3.63, 3.8) is 0 Å². The number of hydrogen-bond donors (Lipinski definition) is 1. The number of benzene rings is 1. The highest BCUT2D eigenvalue weighted by atomic mass is 32.1. The predicted octanol–water partition coefficient (Wildman–Crippen LogP) is 4.63. The van der Waals surface area contributed by atoms with Crippen LogP contribution in [0.5, 0.6) is 0 Å². The van der Waals surface area contributed by atoms with Crippen molar-refractivity contribution in [1.82, 2.24) is 0 Å². The number of fused-ring (bicyclic) bond motifs is 1. The molecule has 1 heterocycles. The van der Waals surface area contributed by atoms with E-state index in [1.807, 2.05) is 12.1 Å². The summed E-state index contributed by atoms with van der Waals surface area (Å²) < 4.78 is 27.5. The van der Waals surface area contributed by atoms with Crippen LogP contribution in [0.1, 0.15) is 31.2 Å². The quantitative estimate of drug-likeness (QED) is 0.875. The molecule has 1 aliphatic rings. The number of aliphatic hydroxyl groups excluding tert-OH is 1. The molecule has 1 unspecified atom stereocenters. The van der Waals surface area contributed by atoms with Crippen molar-refractivity contribution < 1.29 is 13.9 Å². The topological polar surface area (TPSA) is 20.2 Å². The highest BCUT2D eigenvalue weighted by Crippen LogP contribution is 2.38. The first kappa shape index (κ1) is 14.0. The second kappa shape index (κ2) is 5.41. The van der Waals surface area contributed by atoms with Crippen molar-refractivity contribution in [2.45, 2.75) is 44.1 Å². The van der Waals surface area contributed by atoms with Gasteiger partial charge in [0.05, 0.1) is 6.10 Å². The van der Waals surface area contributed by atoms with E-state index in [0.29, 0.717) is 19.3 Å². The maximum absolute atomic E-state index is 13.1. The molecule has 1 fully saturated rings. The van der Waals surface area contributed by atoms with Gasteiger partial charge in [0.25, 0.3) is 0 Å². The van der Waals surface area contributed by atoms with Crippen LogP contribution < -0.4 is 0 Å².